The first kappa shape index (κ1) is 25.9. The number of rotatable bonds is 11. The maximum absolute atomic E-state index is 12.7. The van der Waals surface area contributed by atoms with Crippen molar-refractivity contribution >= 4 is 40.0 Å². The van der Waals surface area contributed by atoms with Crippen LogP contribution < -0.4 is 15.4 Å². The van der Waals surface area contributed by atoms with Crippen LogP contribution in [0.25, 0.3) is 10.8 Å². The number of aromatic nitrogens is 3. The smallest absolute Gasteiger partial charge is 0.251 e. The maximum atomic E-state index is 12.7. The lowest BCUT2D eigenvalue weighted by Gasteiger charge is -2.17. The molecule has 1 atom stereocenters. The number of aliphatic hydroxyl groups excluding tert-OH is 1. The van der Waals surface area contributed by atoms with Gasteiger partial charge in [0.25, 0.3) is 5.91 Å². The van der Waals surface area contributed by atoms with Gasteiger partial charge in [-0.05, 0) is 47.2 Å². The van der Waals surface area contributed by atoms with Gasteiger partial charge in [0.15, 0.2) is 11.0 Å². The van der Waals surface area contributed by atoms with Crippen molar-refractivity contribution in [2.45, 2.75) is 17.7 Å². The highest BCUT2D eigenvalue weighted by Crippen LogP contribution is 2.23. The van der Waals surface area contributed by atoms with E-state index in [0.29, 0.717) is 34.5 Å². The second-order valence-electron chi connectivity index (χ2n) is 8.08. The lowest BCUT2D eigenvalue weighted by molar-refractivity contribution is -0.113. The van der Waals surface area contributed by atoms with Crippen LogP contribution in [0.2, 0.25) is 0 Å². The first-order valence-corrected chi connectivity index (χ1v) is 12.5. The van der Waals surface area contributed by atoms with Crippen molar-refractivity contribution in [3.63, 3.8) is 0 Å². The summed E-state index contributed by atoms with van der Waals surface area (Å²) in [5, 5.41) is 26.7. The van der Waals surface area contributed by atoms with Gasteiger partial charge in [0.1, 0.15) is 11.8 Å². The van der Waals surface area contributed by atoms with Crippen LogP contribution in [0.5, 0.6) is 5.75 Å². The Morgan fingerprint density at radius 3 is 2.57 bits per heavy atom. The molecule has 10 heteroatoms. The number of amides is 2. The van der Waals surface area contributed by atoms with Gasteiger partial charge in [-0.3, -0.25) is 9.59 Å². The summed E-state index contributed by atoms with van der Waals surface area (Å²) in [4.78, 5) is 25.4. The van der Waals surface area contributed by atoms with Crippen LogP contribution in [0.4, 0.5) is 5.69 Å². The normalized spacial score (nSPS) is 11.6. The fourth-order valence-electron chi connectivity index (χ4n) is 3.74. The van der Waals surface area contributed by atoms with Gasteiger partial charge in [-0.1, -0.05) is 48.2 Å². The molecule has 37 heavy (non-hydrogen) atoms. The molecule has 1 heterocycles. The topological polar surface area (TPSA) is 118 Å². The molecule has 0 aliphatic heterocycles. The molecule has 0 saturated carbocycles. The molecule has 0 saturated heterocycles. The van der Waals surface area contributed by atoms with Gasteiger partial charge in [-0.2, -0.15) is 0 Å². The molecule has 0 fully saturated rings. The molecule has 0 bridgehead atoms. The Morgan fingerprint density at radius 2 is 1.86 bits per heavy atom. The third-order valence-corrected chi connectivity index (χ3v) is 6.54. The fraction of sp³-hybridized carbons (Fsp3) is 0.185. The number of anilines is 1. The number of thioether (sulfide) groups is 1. The Kier molecular flexibility index (Phi) is 8.55. The molecule has 0 radical (unpaired) electrons. The van der Waals surface area contributed by atoms with Gasteiger partial charge in [-0.15, -0.1) is 16.8 Å². The zero-order chi connectivity index (χ0) is 26.2. The van der Waals surface area contributed by atoms with Crippen LogP contribution in [0, 0.1) is 0 Å². The minimum atomic E-state index is -0.803. The predicted octanol–water partition coefficient (Wildman–Crippen LogP) is 3.82. The van der Waals surface area contributed by atoms with Gasteiger partial charge >= 0.3 is 0 Å². The largest absolute Gasteiger partial charge is 0.497 e. The summed E-state index contributed by atoms with van der Waals surface area (Å²) in [6.45, 7) is 3.73. The molecule has 0 spiro atoms. The molecule has 2 amide bonds. The van der Waals surface area contributed by atoms with Crippen molar-refractivity contribution in [1.82, 2.24) is 20.1 Å². The quantitative estimate of drug-likeness (QED) is 0.204. The average Bonchev–Trinajstić information content (AvgIpc) is 3.32. The van der Waals surface area contributed by atoms with E-state index in [9.17, 15) is 14.7 Å². The summed E-state index contributed by atoms with van der Waals surface area (Å²) in [5.41, 5.74) is 1.12. The Balaban J connectivity index is 1.43. The highest BCUT2D eigenvalue weighted by Gasteiger charge is 2.23. The third kappa shape index (κ3) is 6.35. The van der Waals surface area contributed by atoms with Crippen molar-refractivity contribution in [2.24, 2.45) is 0 Å². The van der Waals surface area contributed by atoms with Crippen molar-refractivity contribution < 1.29 is 19.4 Å². The number of ether oxygens (including phenoxy) is 1. The molecule has 4 rings (SSSR count). The lowest BCUT2D eigenvalue weighted by Crippen LogP contribution is -2.33. The standard InChI is InChI=1S/C27H27N5O4S/c1-3-14-32-25(23(16-33)29-26(35)19-9-12-22(36-2)13-10-19)30-31-27(32)37-17-24(34)28-21-11-8-18-6-4-5-7-20(18)15-21/h3-13,15,23,33H,1,14,16-17H2,2H3,(H,28,34)(H,29,35). The summed E-state index contributed by atoms with van der Waals surface area (Å²) in [6, 6.07) is 19.5. The highest BCUT2D eigenvalue weighted by atomic mass is 32.2. The van der Waals surface area contributed by atoms with E-state index in [1.54, 1.807) is 42.0 Å². The number of aliphatic hydroxyl groups is 1. The number of nitrogens with zero attached hydrogens (tertiary/aromatic N) is 3. The molecule has 1 aromatic heterocycles. The minimum absolute atomic E-state index is 0.101. The zero-order valence-electron chi connectivity index (χ0n) is 20.3. The molecular formula is C27H27N5O4S. The van der Waals surface area contributed by atoms with Crippen molar-refractivity contribution in [3.8, 4) is 5.75 Å². The maximum Gasteiger partial charge on any atom is 0.251 e. The molecule has 1 unspecified atom stereocenters. The van der Waals surface area contributed by atoms with E-state index < -0.39 is 6.04 Å². The van der Waals surface area contributed by atoms with E-state index in [1.165, 1.54) is 11.8 Å². The first-order valence-electron chi connectivity index (χ1n) is 11.5. The van der Waals surface area contributed by atoms with Gasteiger partial charge in [0, 0.05) is 17.8 Å². The summed E-state index contributed by atoms with van der Waals surface area (Å²) in [6.07, 6.45) is 1.66. The molecule has 9 nitrogen and oxygen atoms in total. The van der Waals surface area contributed by atoms with Crippen LogP contribution in [-0.4, -0.2) is 51.2 Å². The second-order valence-corrected chi connectivity index (χ2v) is 9.02. The number of methoxy groups -OCH3 is 1. The molecule has 4 aromatic rings. The summed E-state index contributed by atoms with van der Waals surface area (Å²) in [5.74, 6) is 0.527. The Hall–Kier alpha value is -4.15. The molecule has 3 aromatic carbocycles. The van der Waals surface area contributed by atoms with Gasteiger partial charge < -0.3 is 25.0 Å². The van der Waals surface area contributed by atoms with Gasteiger partial charge in [-0.25, -0.2) is 0 Å². The van der Waals surface area contributed by atoms with E-state index in [4.69, 9.17) is 4.74 Å². The molecule has 190 valence electrons. The number of fused-ring (bicyclic) bond motifs is 1. The fourth-order valence-corrected chi connectivity index (χ4v) is 4.49. The molecular weight excluding hydrogens is 490 g/mol. The highest BCUT2D eigenvalue weighted by molar-refractivity contribution is 7.99. The number of benzene rings is 3. The van der Waals surface area contributed by atoms with Gasteiger partial charge in [0.2, 0.25) is 5.91 Å². The first-order chi connectivity index (χ1) is 18.0. The lowest BCUT2D eigenvalue weighted by atomic mass is 10.1. The number of carbonyl (C=O) groups excluding carboxylic acids is 2. The number of allylic oxidation sites excluding steroid dienone is 1. The van der Waals surface area contributed by atoms with Crippen LogP contribution >= 0.6 is 11.8 Å². The molecule has 0 aliphatic rings. The Bertz CT molecular complexity index is 1400. The summed E-state index contributed by atoms with van der Waals surface area (Å²) in [7, 11) is 1.55. The number of carbonyl (C=O) groups is 2. The Labute approximate surface area is 218 Å². The van der Waals surface area contributed by atoms with E-state index in [1.807, 2.05) is 42.5 Å². The summed E-state index contributed by atoms with van der Waals surface area (Å²) < 4.78 is 6.84. The van der Waals surface area contributed by atoms with Crippen LogP contribution in [0.1, 0.15) is 22.2 Å². The van der Waals surface area contributed by atoms with Crippen molar-refractivity contribution in [3.05, 3.63) is 90.8 Å². The van der Waals surface area contributed by atoms with Crippen molar-refractivity contribution in [2.75, 3.05) is 24.8 Å². The van der Waals surface area contributed by atoms with E-state index in [-0.39, 0.29) is 24.2 Å². The van der Waals surface area contributed by atoms with Crippen LogP contribution in [0.3, 0.4) is 0 Å². The SMILES string of the molecule is C=CCn1c(SCC(=O)Nc2ccc3ccccc3c2)nnc1C(CO)NC(=O)c1ccc(OC)cc1. The third-order valence-electron chi connectivity index (χ3n) is 5.57. The monoisotopic (exact) mass is 517 g/mol. The zero-order valence-corrected chi connectivity index (χ0v) is 21.1. The summed E-state index contributed by atoms with van der Waals surface area (Å²) >= 11 is 1.21. The number of hydrogen-bond donors (Lipinski definition) is 3. The Morgan fingerprint density at radius 1 is 1.11 bits per heavy atom. The van der Waals surface area contributed by atoms with E-state index in [2.05, 4.69) is 27.4 Å². The van der Waals surface area contributed by atoms with Crippen LogP contribution in [0.15, 0.2) is 84.5 Å². The minimum Gasteiger partial charge on any atom is -0.497 e. The molecule has 3 N–H and O–H groups in total. The predicted molar refractivity (Wildman–Crippen MR) is 144 cm³/mol. The van der Waals surface area contributed by atoms with E-state index in [0.717, 1.165) is 10.8 Å². The van der Waals surface area contributed by atoms with Crippen molar-refractivity contribution in [1.29, 1.82) is 0 Å². The number of nitrogens with one attached hydrogen (secondary N) is 2. The van der Waals surface area contributed by atoms with E-state index >= 15 is 0 Å². The second kappa shape index (κ2) is 12.2. The van der Waals surface area contributed by atoms with Gasteiger partial charge in [0.05, 0.1) is 19.5 Å². The molecule has 0 aliphatic carbocycles. The number of hydrogen-bond acceptors (Lipinski definition) is 7. The average molecular weight is 518 g/mol. The van der Waals surface area contributed by atoms with Crippen LogP contribution in [-0.2, 0) is 11.3 Å².